The standard InChI is InChI=1S/C9H4ClF4.3C4H9.Sn/c10-7-3-1-6(2-4-7)8(5-11)9(12,13)14;3*1-3-4-2;/h1-4H;3*1,3-4H2,2H3;. The molecule has 0 fully saturated rings. The zero-order valence-corrected chi connectivity index (χ0v) is 20.2. The second-order valence-electron chi connectivity index (χ2n) is 7.28. The molecule has 0 aliphatic rings. The van der Waals surface area contributed by atoms with Gasteiger partial charge in [-0.1, -0.05) is 0 Å². The van der Waals surface area contributed by atoms with Crippen LogP contribution in [0.1, 0.15) is 64.9 Å². The van der Waals surface area contributed by atoms with Crippen molar-refractivity contribution in [1.29, 1.82) is 0 Å². The molecule has 0 nitrogen and oxygen atoms in total. The first-order valence-electron chi connectivity index (χ1n) is 9.95. The Morgan fingerprint density at radius 2 is 1.26 bits per heavy atom. The van der Waals surface area contributed by atoms with Crippen LogP contribution in [-0.2, 0) is 0 Å². The number of hydrogen-bond acceptors (Lipinski definition) is 0. The molecule has 0 saturated heterocycles. The first kappa shape index (κ1) is 24.8. The van der Waals surface area contributed by atoms with Crippen molar-refractivity contribution >= 4 is 35.6 Å². The second kappa shape index (κ2) is 11.7. The van der Waals surface area contributed by atoms with Crippen LogP contribution in [0.5, 0.6) is 0 Å². The Bertz CT molecular complexity index is 571. The van der Waals surface area contributed by atoms with E-state index < -0.39 is 34.0 Å². The molecule has 0 amide bonds. The zero-order valence-electron chi connectivity index (χ0n) is 16.6. The summed E-state index contributed by atoms with van der Waals surface area (Å²) < 4.78 is 58.9. The van der Waals surface area contributed by atoms with Gasteiger partial charge < -0.3 is 0 Å². The summed E-state index contributed by atoms with van der Waals surface area (Å²) >= 11 is 2.02. The molecule has 0 spiro atoms. The molecule has 6 heteroatoms. The van der Waals surface area contributed by atoms with E-state index >= 15 is 4.39 Å². The quantitative estimate of drug-likeness (QED) is 0.205. The summed E-state index contributed by atoms with van der Waals surface area (Å²) in [5, 5.41) is 0.346. The van der Waals surface area contributed by atoms with Gasteiger partial charge in [0, 0.05) is 0 Å². The Kier molecular flexibility index (Phi) is 10.7. The molecular formula is C21H31ClF4Sn. The third-order valence-corrected chi connectivity index (χ3v) is 20.0. The molecule has 0 unspecified atom stereocenters. The average Bonchev–Trinajstić information content (AvgIpc) is 2.62. The molecule has 0 atom stereocenters. The van der Waals surface area contributed by atoms with Crippen LogP contribution in [0.15, 0.2) is 28.1 Å². The fraction of sp³-hybridized carbons (Fsp3) is 0.619. The van der Waals surface area contributed by atoms with Gasteiger partial charge in [-0.25, -0.2) is 0 Å². The molecule has 0 aliphatic heterocycles. The van der Waals surface area contributed by atoms with Gasteiger partial charge in [0.2, 0.25) is 0 Å². The Hall–Kier alpha value is -0.231. The molecule has 0 heterocycles. The molecule has 0 saturated carbocycles. The topological polar surface area (TPSA) is 0 Å². The van der Waals surface area contributed by atoms with Gasteiger partial charge >= 0.3 is 171 Å². The Morgan fingerprint density at radius 1 is 0.852 bits per heavy atom. The second-order valence-corrected chi connectivity index (χ2v) is 20.6. The molecule has 27 heavy (non-hydrogen) atoms. The van der Waals surface area contributed by atoms with Gasteiger partial charge in [-0.2, -0.15) is 0 Å². The van der Waals surface area contributed by atoms with Crippen LogP contribution in [0.3, 0.4) is 0 Å². The Labute approximate surface area is 170 Å². The number of unbranched alkanes of at least 4 members (excludes halogenated alkanes) is 3. The predicted molar refractivity (Wildman–Crippen MR) is 110 cm³/mol. The third-order valence-electron chi connectivity index (χ3n) is 5.13. The Balaban J connectivity index is 3.59. The van der Waals surface area contributed by atoms with Crippen molar-refractivity contribution in [2.45, 2.75) is 78.8 Å². The van der Waals surface area contributed by atoms with E-state index in [0.717, 1.165) is 38.5 Å². The van der Waals surface area contributed by atoms with Crippen LogP contribution in [0.25, 0.3) is 5.57 Å². The molecular weight excluding hydrogens is 482 g/mol. The van der Waals surface area contributed by atoms with Gasteiger partial charge in [0.25, 0.3) is 0 Å². The van der Waals surface area contributed by atoms with Crippen molar-refractivity contribution < 1.29 is 17.6 Å². The summed E-state index contributed by atoms with van der Waals surface area (Å²) in [6.45, 7) is 6.05. The number of hydrogen-bond donors (Lipinski definition) is 0. The summed E-state index contributed by atoms with van der Waals surface area (Å²) in [4.78, 5) is 0. The summed E-state index contributed by atoms with van der Waals surface area (Å²) in [6.07, 6.45) is 0.365. The van der Waals surface area contributed by atoms with E-state index in [0.29, 0.717) is 18.3 Å². The van der Waals surface area contributed by atoms with Crippen LogP contribution < -0.4 is 0 Å². The zero-order chi connectivity index (χ0) is 20.5. The molecule has 1 aromatic rings. The summed E-state index contributed by atoms with van der Waals surface area (Å²) in [6, 6.07) is 5.39. The molecule has 0 aromatic heterocycles. The van der Waals surface area contributed by atoms with Gasteiger partial charge in [0.1, 0.15) is 0 Å². The normalized spacial score (nSPS) is 13.6. The first-order chi connectivity index (χ1) is 12.7. The predicted octanol–water partition coefficient (Wildman–Crippen LogP) is 8.97. The molecule has 1 rings (SSSR count). The SMILES string of the molecule is CCC[CH2][Sn]([CH2]CCC)([CH2]CCC)/[C](F)=C(/c1ccc(Cl)cc1)C(F)(F)F. The number of benzene rings is 1. The van der Waals surface area contributed by atoms with E-state index in [-0.39, 0.29) is 5.56 Å². The van der Waals surface area contributed by atoms with Gasteiger partial charge in [-0.15, -0.1) is 0 Å². The molecule has 154 valence electrons. The van der Waals surface area contributed by atoms with Crippen molar-refractivity contribution in [3.05, 3.63) is 38.7 Å². The fourth-order valence-electron chi connectivity index (χ4n) is 3.55. The van der Waals surface area contributed by atoms with Crippen molar-refractivity contribution in [3.8, 4) is 0 Å². The van der Waals surface area contributed by atoms with Crippen molar-refractivity contribution in [2.24, 2.45) is 0 Å². The Morgan fingerprint density at radius 3 is 1.59 bits per heavy atom. The molecule has 0 N–H and O–H groups in total. The van der Waals surface area contributed by atoms with E-state index in [2.05, 4.69) is 0 Å². The fourth-order valence-corrected chi connectivity index (χ4v) is 18.8. The van der Waals surface area contributed by atoms with Crippen molar-refractivity contribution in [3.63, 3.8) is 0 Å². The summed E-state index contributed by atoms with van der Waals surface area (Å²) in [7, 11) is 0. The number of alkyl halides is 3. The van der Waals surface area contributed by atoms with Crippen molar-refractivity contribution in [1.82, 2.24) is 0 Å². The van der Waals surface area contributed by atoms with E-state index in [9.17, 15) is 13.2 Å². The molecule has 0 aliphatic carbocycles. The average molecular weight is 514 g/mol. The van der Waals surface area contributed by atoms with Gasteiger partial charge in [0.05, 0.1) is 0 Å². The minimum absolute atomic E-state index is 0.102. The van der Waals surface area contributed by atoms with E-state index in [1.807, 2.05) is 20.8 Å². The minimum atomic E-state index is -4.70. The summed E-state index contributed by atoms with van der Waals surface area (Å²) in [5.74, 6) is 0. The van der Waals surface area contributed by atoms with Crippen LogP contribution in [-0.4, -0.2) is 24.6 Å². The summed E-state index contributed by atoms with van der Waals surface area (Å²) in [5.41, 5.74) is -1.15. The molecule has 0 bridgehead atoms. The maximum atomic E-state index is 15.9. The third kappa shape index (κ3) is 7.26. The van der Waals surface area contributed by atoms with Gasteiger partial charge in [-0.3, -0.25) is 0 Å². The monoisotopic (exact) mass is 514 g/mol. The maximum absolute atomic E-state index is 15.9. The number of allylic oxidation sites excluding steroid dienone is 1. The molecule has 1 aromatic carbocycles. The van der Waals surface area contributed by atoms with E-state index in [1.165, 1.54) is 24.3 Å². The van der Waals surface area contributed by atoms with E-state index in [1.54, 1.807) is 0 Å². The number of halogens is 5. The van der Waals surface area contributed by atoms with Crippen molar-refractivity contribution in [2.75, 3.05) is 0 Å². The van der Waals surface area contributed by atoms with E-state index in [4.69, 9.17) is 11.6 Å². The van der Waals surface area contributed by atoms with Gasteiger partial charge in [0.15, 0.2) is 0 Å². The van der Waals surface area contributed by atoms with Crippen LogP contribution in [0.4, 0.5) is 17.6 Å². The number of rotatable bonds is 11. The molecule has 0 radical (unpaired) electrons. The van der Waals surface area contributed by atoms with Crippen LogP contribution >= 0.6 is 11.6 Å². The first-order valence-corrected chi connectivity index (χ1v) is 17.8. The van der Waals surface area contributed by atoms with Crippen LogP contribution in [0.2, 0.25) is 18.3 Å². The van der Waals surface area contributed by atoms with Gasteiger partial charge in [-0.05, 0) is 0 Å². The van der Waals surface area contributed by atoms with Crippen LogP contribution in [0, 0.1) is 0 Å².